The van der Waals surface area contributed by atoms with Crippen LogP contribution in [0.1, 0.15) is 17.5 Å². The number of nitrogens with zero attached hydrogens (tertiary/aromatic N) is 1. The van der Waals surface area contributed by atoms with Crippen LogP contribution in [0.3, 0.4) is 0 Å². The van der Waals surface area contributed by atoms with Crippen LogP contribution in [-0.2, 0) is 22.4 Å². The molecular formula is C28H24ClNO5. The average molecular weight is 490 g/mol. The fourth-order valence-corrected chi connectivity index (χ4v) is 3.87. The molecule has 0 bridgehead atoms. The van der Waals surface area contributed by atoms with E-state index >= 15 is 0 Å². The van der Waals surface area contributed by atoms with Crippen LogP contribution >= 0.6 is 11.6 Å². The molecule has 0 spiro atoms. The van der Waals surface area contributed by atoms with E-state index in [0.717, 1.165) is 16.5 Å². The lowest BCUT2D eigenvalue weighted by atomic mass is 10.0. The van der Waals surface area contributed by atoms with Crippen molar-refractivity contribution in [2.24, 2.45) is 0 Å². The van der Waals surface area contributed by atoms with E-state index in [0.29, 0.717) is 33.5 Å². The highest BCUT2D eigenvalue weighted by molar-refractivity contribution is 6.30. The zero-order chi connectivity index (χ0) is 24.8. The summed E-state index contributed by atoms with van der Waals surface area (Å²) in [6, 6.07) is 19.7. The van der Waals surface area contributed by atoms with Crippen molar-refractivity contribution in [1.82, 2.24) is 4.98 Å². The summed E-state index contributed by atoms with van der Waals surface area (Å²) in [7, 11) is 3.15. The Morgan fingerprint density at radius 2 is 1.34 bits per heavy atom. The largest absolute Gasteiger partial charge is 0.493 e. The Morgan fingerprint density at radius 3 is 1.94 bits per heavy atom. The highest BCUT2D eigenvalue weighted by atomic mass is 35.5. The maximum atomic E-state index is 12.4. The molecule has 0 atom stereocenters. The predicted octanol–water partition coefficient (Wildman–Crippen LogP) is 6.01. The number of hydrogen-bond donors (Lipinski definition) is 0. The van der Waals surface area contributed by atoms with Gasteiger partial charge in [-0.25, -0.2) is 0 Å². The first kappa shape index (κ1) is 24.2. The second-order valence-corrected chi connectivity index (χ2v) is 8.45. The molecule has 0 N–H and O–H groups in total. The third kappa shape index (κ3) is 6.16. The van der Waals surface area contributed by atoms with Crippen LogP contribution in [0.5, 0.6) is 23.0 Å². The van der Waals surface area contributed by atoms with Gasteiger partial charge in [-0.2, -0.15) is 0 Å². The summed E-state index contributed by atoms with van der Waals surface area (Å²) < 4.78 is 16.8. The van der Waals surface area contributed by atoms with Gasteiger partial charge in [-0.15, -0.1) is 0 Å². The molecule has 35 heavy (non-hydrogen) atoms. The molecule has 0 saturated heterocycles. The molecule has 6 nitrogen and oxygen atoms in total. The Kier molecular flexibility index (Phi) is 7.63. The van der Waals surface area contributed by atoms with Gasteiger partial charge in [0.25, 0.3) is 0 Å². The summed E-state index contributed by atoms with van der Waals surface area (Å²) in [5, 5.41) is 1.39. The number of Topliss-reactive ketones (excluding diaryl/α,β-unsaturated/α-hetero) is 2. The van der Waals surface area contributed by atoms with Crippen LogP contribution in [0.15, 0.2) is 72.9 Å². The number of hydrogen-bond acceptors (Lipinski definition) is 6. The third-order valence-electron chi connectivity index (χ3n) is 5.47. The first-order valence-electron chi connectivity index (χ1n) is 11.0. The smallest absolute Gasteiger partial charge is 0.162 e. The number of aromatic nitrogens is 1. The van der Waals surface area contributed by atoms with Gasteiger partial charge in [-0.1, -0.05) is 35.9 Å². The fraction of sp³-hybridized carbons (Fsp3) is 0.179. The summed E-state index contributed by atoms with van der Waals surface area (Å²) in [5.41, 5.74) is 2.37. The number of carbonyl (C=O) groups excluding carboxylic acids is 2. The number of rotatable bonds is 10. The van der Waals surface area contributed by atoms with Crippen LogP contribution in [0, 0.1) is 0 Å². The Balaban J connectivity index is 1.39. The average Bonchev–Trinajstić information content (AvgIpc) is 2.85. The van der Waals surface area contributed by atoms with Crippen LogP contribution in [-0.4, -0.2) is 30.8 Å². The van der Waals surface area contributed by atoms with E-state index < -0.39 is 0 Å². The number of benzene rings is 3. The lowest BCUT2D eigenvalue weighted by molar-refractivity contribution is -0.126. The molecule has 4 rings (SSSR count). The number of fused-ring (bicyclic) bond motifs is 1. The van der Waals surface area contributed by atoms with Crippen molar-refractivity contribution < 1.29 is 23.8 Å². The van der Waals surface area contributed by atoms with Crippen molar-refractivity contribution in [3.63, 3.8) is 0 Å². The van der Waals surface area contributed by atoms with Crippen LogP contribution in [0.2, 0.25) is 5.02 Å². The number of carbonyl (C=O) groups is 2. The van der Waals surface area contributed by atoms with E-state index in [4.69, 9.17) is 25.8 Å². The second kappa shape index (κ2) is 11.0. The van der Waals surface area contributed by atoms with Gasteiger partial charge < -0.3 is 14.2 Å². The van der Waals surface area contributed by atoms with Crippen molar-refractivity contribution in [1.29, 1.82) is 0 Å². The van der Waals surface area contributed by atoms with Crippen LogP contribution in [0.25, 0.3) is 10.9 Å². The van der Waals surface area contributed by atoms with Gasteiger partial charge in [-0.05, 0) is 47.5 Å². The summed E-state index contributed by atoms with van der Waals surface area (Å²) >= 11 is 5.87. The van der Waals surface area contributed by atoms with Crippen molar-refractivity contribution in [3.8, 4) is 23.0 Å². The summed E-state index contributed by atoms with van der Waals surface area (Å²) in [4.78, 5) is 29.0. The van der Waals surface area contributed by atoms with Crippen molar-refractivity contribution in [2.45, 2.75) is 19.3 Å². The molecule has 0 aliphatic rings. The number of pyridine rings is 1. The number of ether oxygens (including phenoxy) is 3. The molecule has 1 aromatic heterocycles. The maximum absolute atomic E-state index is 12.4. The number of methoxy groups -OCH3 is 2. The van der Waals surface area contributed by atoms with Crippen molar-refractivity contribution in [3.05, 3.63) is 89.1 Å². The molecule has 0 saturated carbocycles. The monoisotopic (exact) mass is 489 g/mol. The molecule has 178 valence electrons. The molecule has 0 aliphatic heterocycles. The fourth-order valence-electron chi connectivity index (χ4n) is 3.74. The predicted molar refractivity (Wildman–Crippen MR) is 135 cm³/mol. The van der Waals surface area contributed by atoms with Gasteiger partial charge in [0.1, 0.15) is 23.1 Å². The highest BCUT2D eigenvalue weighted by Gasteiger charge is 2.13. The Bertz CT molecular complexity index is 1350. The van der Waals surface area contributed by atoms with Crippen LogP contribution in [0.4, 0.5) is 0 Å². The van der Waals surface area contributed by atoms with Gasteiger partial charge in [0.15, 0.2) is 11.5 Å². The Labute approximate surface area is 208 Å². The quantitative estimate of drug-likeness (QED) is 0.254. The minimum absolute atomic E-state index is 0.102. The Morgan fingerprint density at radius 1 is 0.771 bits per heavy atom. The van der Waals surface area contributed by atoms with Crippen molar-refractivity contribution >= 4 is 34.1 Å². The van der Waals surface area contributed by atoms with E-state index in [2.05, 4.69) is 4.98 Å². The topological polar surface area (TPSA) is 74.7 Å². The SMILES string of the molecule is COc1cc2nccc(Oc3ccc(CC(=O)CC(=O)Cc4ccc(Cl)cc4)cc3)c2cc1OC. The number of halogens is 1. The zero-order valence-electron chi connectivity index (χ0n) is 19.4. The third-order valence-corrected chi connectivity index (χ3v) is 5.72. The Hall–Kier alpha value is -3.90. The second-order valence-electron chi connectivity index (χ2n) is 8.01. The van der Waals surface area contributed by atoms with E-state index in [-0.39, 0.29) is 30.8 Å². The van der Waals surface area contributed by atoms with E-state index in [1.165, 1.54) is 0 Å². The first-order valence-corrected chi connectivity index (χ1v) is 11.4. The molecule has 0 amide bonds. The lowest BCUT2D eigenvalue weighted by Gasteiger charge is -2.12. The minimum Gasteiger partial charge on any atom is -0.493 e. The normalized spacial score (nSPS) is 10.7. The highest BCUT2D eigenvalue weighted by Crippen LogP contribution is 2.36. The molecular weight excluding hydrogens is 466 g/mol. The molecule has 0 fully saturated rings. The van der Waals surface area contributed by atoms with Gasteiger partial charge in [0.05, 0.1) is 26.2 Å². The maximum Gasteiger partial charge on any atom is 0.162 e. The van der Waals surface area contributed by atoms with E-state index in [1.54, 1.807) is 68.9 Å². The van der Waals surface area contributed by atoms with Gasteiger partial charge in [0.2, 0.25) is 0 Å². The van der Waals surface area contributed by atoms with Crippen LogP contribution < -0.4 is 14.2 Å². The molecule has 0 unspecified atom stereocenters. The lowest BCUT2D eigenvalue weighted by Crippen LogP contribution is -2.12. The summed E-state index contributed by atoms with van der Waals surface area (Å²) in [6.45, 7) is 0. The summed E-state index contributed by atoms with van der Waals surface area (Å²) in [5.74, 6) is 2.16. The van der Waals surface area contributed by atoms with Gasteiger partial charge >= 0.3 is 0 Å². The molecule has 1 heterocycles. The molecule has 7 heteroatoms. The van der Waals surface area contributed by atoms with E-state index in [9.17, 15) is 9.59 Å². The van der Waals surface area contributed by atoms with Gasteiger partial charge in [-0.3, -0.25) is 14.6 Å². The standard InChI is InChI=1S/C28H24ClNO5/c1-33-27-16-24-25(17-28(27)34-2)30-12-11-26(24)35-23-9-5-19(6-10-23)14-22(32)15-21(31)13-18-3-7-20(29)8-4-18/h3-12,16-17H,13-15H2,1-2H3. The molecule has 3 aromatic carbocycles. The molecule has 0 aliphatic carbocycles. The molecule has 4 aromatic rings. The zero-order valence-corrected chi connectivity index (χ0v) is 20.2. The number of ketones is 2. The van der Waals surface area contributed by atoms with E-state index in [1.807, 2.05) is 18.2 Å². The van der Waals surface area contributed by atoms with Gasteiger partial charge in [0, 0.05) is 35.5 Å². The first-order chi connectivity index (χ1) is 16.9. The summed E-state index contributed by atoms with van der Waals surface area (Å²) in [6.07, 6.45) is 1.96. The van der Waals surface area contributed by atoms with Crippen molar-refractivity contribution in [2.75, 3.05) is 14.2 Å². The molecule has 0 radical (unpaired) electrons. The minimum atomic E-state index is -0.126.